The molecule has 1 saturated heterocycles. The van der Waals surface area contributed by atoms with Gasteiger partial charge in [0.15, 0.2) is 0 Å². The number of benzene rings is 2. The second-order valence-corrected chi connectivity index (χ2v) is 8.49. The monoisotopic (exact) mass is 430 g/mol. The van der Waals surface area contributed by atoms with Crippen LogP contribution in [0.15, 0.2) is 54.6 Å². The molecule has 0 unspecified atom stereocenters. The molecule has 1 fully saturated rings. The minimum absolute atomic E-state index is 0.0467. The van der Waals surface area contributed by atoms with Crippen LogP contribution in [0, 0.1) is 0 Å². The van der Waals surface area contributed by atoms with Crippen LogP contribution in [-0.2, 0) is 24.2 Å². The molecule has 2 amide bonds. The van der Waals surface area contributed by atoms with Crippen molar-refractivity contribution in [2.45, 2.75) is 44.3 Å². The third kappa shape index (κ3) is 3.53. The van der Waals surface area contributed by atoms with E-state index in [0.717, 1.165) is 41.2 Å². The lowest BCUT2D eigenvalue weighted by atomic mass is 10.0. The molecule has 2 N–H and O–H groups in total. The second kappa shape index (κ2) is 8.15. The molecular formula is C25H26N4O3. The second-order valence-electron chi connectivity index (χ2n) is 8.49. The normalized spacial score (nSPS) is 19.3. The van der Waals surface area contributed by atoms with E-state index in [1.165, 1.54) is 0 Å². The maximum absolute atomic E-state index is 13.4. The van der Waals surface area contributed by atoms with Crippen LogP contribution < -0.4 is 10.5 Å². The molecule has 3 aromatic rings. The van der Waals surface area contributed by atoms with Crippen LogP contribution >= 0.6 is 0 Å². The predicted octanol–water partition coefficient (Wildman–Crippen LogP) is 2.82. The van der Waals surface area contributed by atoms with Crippen LogP contribution in [-0.4, -0.2) is 45.5 Å². The van der Waals surface area contributed by atoms with Gasteiger partial charge in [0.1, 0.15) is 17.3 Å². The maximum Gasteiger partial charge on any atom is 0.269 e. The Kier molecular flexibility index (Phi) is 5.17. The Bertz CT molecular complexity index is 1150. The number of amides is 2. The Morgan fingerprint density at radius 1 is 1.06 bits per heavy atom. The molecule has 5 rings (SSSR count). The number of nitrogens with two attached hydrogens (primary N) is 1. The highest BCUT2D eigenvalue weighted by Crippen LogP contribution is 2.36. The van der Waals surface area contributed by atoms with Crippen LogP contribution in [0.25, 0.3) is 11.4 Å². The fourth-order valence-electron chi connectivity index (χ4n) is 5.09. The van der Waals surface area contributed by atoms with Crippen LogP contribution in [0.5, 0.6) is 5.75 Å². The van der Waals surface area contributed by atoms with Gasteiger partial charge in [-0.1, -0.05) is 42.5 Å². The Morgan fingerprint density at radius 2 is 1.78 bits per heavy atom. The van der Waals surface area contributed by atoms with Gasteiger partial charge in [0.25, 0.3) is 5.91 Å². The van der Waals surface area contributed by atoms with Gasteiger partial charge in [-0.15, -0.1) is 0 Å². The number of hydrogen-bond donors (Lipinski definition) is 1. The molecule has 0 radical (unpaired) electrons. The molecule has 2 bridgehead atoms. The molecule has 1 aromatic heterocycles. The summed E-state index contributed by atoms with van der Waals surface area (Å²) in [6, 6.07) is 17.6. The summed E-state index contributed by atoms with van der Waals surface area (Å²) in [4.78, 5) is 32.2. The molecule has 2 atom stereocenters. The Hall–Kier alpha value is -3.61. The minimum Gasteiger partial charge on any atom is -0.497 e. The van der Waals surface area contributed by atoms with Gasteiger partial charge in [0.2, 0.25) is 5.91 Å². The number of hydrogen-bond acceptors (Lipinski definition) is 4. The summed E-state index contributed by atoms with van der Waals surface area (Å²) in [6.45, 7) is 0.616. The molecule has 0 saturated carbocycles. The van der Waals surface area contributed by atoms with Crippen molar-refractivity contribution in [3.8, 4) is 17.1 Å². The lowest BCUT2D eigenvalue weighted by molar-refractivity contribution is -0.133. The fourth-order valence-corrected chi connectivity index (χ4v) is 5.09. The van der Waals surface area contributed by atoms with Gasteiger partial charge in [-0.2, -0.15) is 0 Å². The van der Waals surface area contributed by atoms with E-state index >= 15 is 0 Å². The number of nitrogens with zero attached hydrogens (tertiary/aromatic N) is 3. The highest BCUT2D eigenvalue weighted by molar-refractivity contribution is 5.93. The van der Waals surface area contributed by atoms with E-state index in [9.17, 15) is 9.59 Å². The third-order valence-electron chi connectivity index (χ3n) is 6.58. The highest BCUT2D eigenvalue weighted by Gasteiger charge is 2.41. The molecule has 7 heteroatoms. The molecule has 0 spiro atoms. The first kappa shape index (κ1) is 20.3. The number of carbonyl (C=O) groups is 2. The van der Waals surface area contributed by atoms with Crippen molar-refractivity contribution in [3.05, 3.63) is 71.5 Å². The smallest absolute Gasteiger partial charge is 0.269 e. The SMILES string of the molecule is COc1ccc(CC(=O)N2[C@@H]3CC[C@H]2Cc2c(C(N)=O)nc(-c4ccccc4)n2C3)cc1. The van der Waals surface area contributed by atoms with E-state index in [0.29, 0.717) is 25.1 Å². The van der Waals surface area contributed by atoms with E-state index < -0.39 is 5.91 Å². The van der Waals surface area contributed by atoms with Gasteiger partial charge in [-0.3, -0.25) is 9.59 Å². The number of imidazole rings is 1. The van der Waals surface area contributed by atoms with Gasteiger partial charge >= 0.3 is 0 Å². The largest absolute Gasteiger partial charge is 0.497 e. The number of fused-ring (bicyclic) bond motifs is 3. The topological polar surface area (TPSA) is 90.4 Å². The zero-order chi connectivity index (χ0) is 22.2. The van der Waals surface area contributed by atoms with Crippen molar-refractivity contribution in [1.29, 1.82) is 0 Å². The average Bonchev–Trinajstić information content (AvgIpc) is 3.31. The van der Waals surface area contributed by atoms with E-state index in [1.54, 1.807) is 7.11 Å². The number of aromatic nitrogens is 2. The van der Waals surface area contributed by atoms with Crippen molar-refractivity contribution < 1.29 is 14.3 Å². The zero-order valence-corrected chi connectivity index (χ0v) is 18.0. The van der Waals surface area contributed by atoms with E-state index in [4.69, 9.17) is 10.5 Å². The first-order valence-corrected chi connectivity index (χ1v) is 10.9. The van der Waals surface area contributed by atoms with Gasteiger partial charge in [0.05, 0.1) is 25.3 Å². The van der Waals surface area contributed by atoms with Crippen LogP contribution in [0.3, 0.4) is 0 Å². The number of carbonyl (C=O) groups excluding carboxylic acids is 2. The first-order valence-electron chi connectivity index (χ1n) is 10.9. The average molecular weight is 431 g/mol. The first-order chi connectivity index (χ1) is 15.5. The minimum atomic E-state index is -0.523. The molecule has 2 aliphatic heterocycles. The van der Waals surface area contributed by atoms with Crippen LogP contribution in [0.1, 0.15) is 34.6 Å². The van der Waals surface area contributed by atoms with Crippen molar-refractivity contribution >= 4 is 11.8 Å². The molecule has 164 valence electrons. The molecule has 2 aliphatic rings. The summed E-state index contributed by atoms with van der Waals surface area (Å²) < 4.78 is 7.32. The van der Waals surface area contributed by atoms with Crippen LogP contribution in [0.2, 0.25) is 0 Å². The Balaban J connectivity index is 1.46. The highest BCUT2D eigenvalue weighted by atomic mass is 16.5. The summed E-state index contributed by atoms with van der Waals surface area (Å²) >= 11 is 0. The quantitative estimate of drug-likeness (QED) is 0.674. The van der Waals surface area contributed by atoms with Crippen molar-refractivity contribution in [3.63, 3.8) is 0 Å². The number of methoxy groups -OCH3 is 1. The van der Waals surface area contributed by atoms with Gasteiger partial charge < -0.3 is 19.9 Å². The van der Waals surface area contributed by atoms with Gasteiger partial charge in [-0.25, -0.2) is 4.98 Å². The van der Waals surface area contributed by atoms with E-state index in [2.05, 4.69) is 9.55 Å². The number of primary amides is 1. The molecule has 3 heterocycles. The van der Waals surface area contributed by atoms with Gasteiger partial charge in [-0.05, 0) is 30.5 Å². The standard InChI is InChI=1S/C25H26N4O3/c1-32-20-11-7-16(8-12-20)13-22(30)29-18-9-10-19(29)15-28-21(14-18)23(24(26)31)27-25(28)17-5-3-2-4-6-17/h2-8,11-12,18-19H,9-10,13-15H2,1H3,(H2,26,31)/t18-,19+/m0/s1. The Morgan fingerprint density at radius 3 is 2.47 bits per heavy atom. The molecule has 0 aliphatic carbocycles. The Labute approximate surface area is 186 Å². The summed E-state index contributed by atoms with van der Waals surface area (Å²) in [5.41, 5.74) is 8.75. The zero-order valence-electron chi connectivity index (χ0n) is 18.0. The fraction of sp³-hybridized carbons (Fsp3) is 0.320. The predicted molar refractivity (Wildman–Crippen MR) is 120 cm³/mol. The molecular weight excluding hydrogens is 404 g/mol. The van der Waals surface area contributed by atoms with Crippen molar-refractivity contribution in [1.82, 2.24) is 14.5 Å². The van der Waals surface area contributed by atoms with Crippen molar-refractivity contribution in [2.75, 3.05) is 7.11 Å². The van der Waals surface area contributed by atoms with Crippen LogP contribution in [0.4, 0.5) is 0 Å². The maximum atomic E-state index is 13.4. The van der Waals surface area contributed by atoms with E-state index in [1.807, 2.05) is 59.5 Å². The van der Waals surface area contributed by atoms with E-state index in [-0.39, 0.29) is 18.0 Å². The lowest BCUT2D eigenvalue weighted by Gasteiger charge is -2.28. The summed E-state index contributed by atoms with van der Waals surface area (Å²) in [5.74, 6) is 1.10. The lowest BCUT2D eigenvalue weighted by Crippen LogP contribution is -2.43. The number of ether oxygens (including phenoxy) is 1. The summed E-state index contributed by atoms with van der Waals surface area (Å²) in [6.07, 6.45) is 2.79. The molecule has 7 nitrogen and oxygen atoms in total. The number of rotatable bonds is 5. The molecule has 2 aromatic carbocycles. The van der Waals surface area contributed by atoms with Crippen molar-refractivity contribution in [2.24, 2.45) is 5.73 Å². The third-order valence-corrected chi connectivity index (χ3v) is 6.58. The molecule has 32 heavy (non-hydrogen) atoms. The van der Waals surface area contributed by atoms with Gasteiger partial charge in [0, 0.05) is 24.6 Å². The summed E-state index contributed by atoms with van der Waals surface area (Å²) in [7, 11) is 1.63. The summed E-state index contributed by atoms with van der Waals surface area (Å²) in [5, 5.41) is 0.